The van der Waals surface area contributed by atoms with Gasteiger partial charge in [-0.05, 0) is 47.3 Å². The van der Waals surface area contributed by atoms with Gasteiger partial charge < -0.3 is 20.3 Å². The molecular formula is C23H23N3O3S. The summed E-state index contributed by atoms with van der Waals surface area (Å²) >= 11 is 1.38. The number of amides is 2. The fourth-order valence-corrected chi connectivity index (χ4v) is 3.89. The standard InChI is InChI=1S/C23H23N3O3S/c27-22(18-3-1-4-19(15-18)25-23(28)21-5-2-14-30-21)24-16-17-6-8-20(9-7-17)26-10-12-29-13-11-26/h1-9,14-15H,10-13,16H2,(H,24,27)(H,25,28). The summed E-state index contributed by atoms with van der Waals surface area (Å²) in [4.78, 5) is 27.7. The number of morpholine rings is 1. The topological polar surface area (TPSA) is 70.7 Å². The molecule has 0 spiro atoms. The molecule has 1 aromatic heterocycles. The summed E-state index contributed by atoms with van der Waals surface area (Å²) in [5.74, 6) is -0.359. The highest BCUT2D eigenvalue weighted by atomic mass is 32.1. The van der Waals surface area contributed by atoms with Gasteiger partial charge in [0.25, 0.3) is 11.8 Å². The Morgan fingerprint density at radius 3 is 2.50 bits per heavy atom. The van der Waals surface area contributed by atoms with Crippen molar-refractivity contribution in [3.8, 4) is 0 Å². The van der Waals surface area contributed by atoms with Gasteiger partial charge in [0.1, 0.15) is 0 Å². The molecule has 2 amide bonds. The molecule has 30 heavy (non-hydrogen) atoms. The third kappa shape index (κ3) is 5.06. The number of carbonyl (C=O) groups is 2. The summed E-state index contributed by atoms with van der Waals surface area (Å²) < 4.78 is 5.39. The van der Waals surface area contributed by atoms with Crippen molar-refractivity contribution >= 4 is 34.5 Å². The molecule has 1 aliphatic heterocycles. The van der Waals surface area contributed by atoms with E-state index in [0.29, 0.717) is 22.7 Å². The van der Waals surface area contributed by atoms with E-state index < -0.39 is 0 Å². The normalized spacial score (nSPS) is 13.7. The lowest BCUT2D eigenvalue weighted by molar-refractivity contribution is 0.0949. The van der Waals surface area contributed by atoms with Crippen LogP contribution in [0.2, 0.25) is 0 Å². The van der Waals surface area contributed by atoms with Gasteiger partial charge in [0, 0.05) is 36.6 Å². The van der Waals surface area contributed by atoms with E-state index in [1.54, 1.807) is 30.3 Å². The zero-order valence-electron chi connectivity index (χ0n) is 16.5. The van der Waals surface area contributed by atoms with Gasteiger partial charge in [0.05, 0.1) is 18.1 Å². The first-order valence-electron chi connectivity index (χ1n) is 9.84. The van der Waals surface area contributed by atoms with E-state index in [-0.39, 0.29) is 11.8 Å². The summed E-state index contributed by atoms with van der Waals surface area (Å²) in [6, 6.07) is 18.8. The molecule has 0 radical (unpaired) electrons. The van der Waals surface area contributed by atoms with E-state index in [4.69, 9.17) is 4.74 Å². The fourth-order valence-electron chi connectivity index (χ4n) is 3.27. The minimum Gasteiger partial charge on any atom is -0.378 e. The molecule has 1 fully saturated rings. The van der Waals surface area contributed by atoms with Crippen molar-refractivity contribution in [3.05, 3.63) is 82.0 Å². The Kier molecular flexibility index (Phi) is 6.41. The Labute approximate surface area is 179 Å². The number of benzene rings is 2. The van der Waals surface area contributed by atoms with Crippen LogP contribution in [0.25, 0.3) is 0 Å². The molecule has 1 saturated heterocycles. The lowest BCUT2D eigenvalue weighted by atomic mass is 10.1. The lowest BCUT2D eigenvalue weighted by Gasteiger charge is -2.28. The fraction of sp³-hybridized carbons (Fsp3) is 0.217. The quantitative estimate of drug-likeness (QED) is 0.636. The third-order valence-corrected chi connectivity index (χ3v) is 5.76. The van der Waals surface area contributed by atoms with Gasteiger partial charge in [-0.3, -0.25) is 9.59 Å². The third-order valence-electron chi connectivity index (χ3n) is 4.89. The van der Waals surface area contributed by atoms with Crippen LogP contribution >= 0.6 is 11.3 Å². The summed E-state index contributed by atoms with van der Waals surface area (Å²) in [6.07, 6.45) is 0. The highest BCUT2D eigenvalue weighted by Crippen LogP contribution is 2.17. The summed E-state index contributed by atoms with van der Waals surface area (Å²) in [5.41, 5.74) is 3.30. The average molecular weight is 422 g/mol. The molecule has 154 valence electrons. The van der Waals surface area contributed by atoms with Gasteiger partial charge in [0.2, 0.25) is 0 Å². The number of nitrogens with zero attached hydrogens (tertiary/aromatic N) is 1. The van der Waals surface area contributed by atoms with Crippen LogP contribution in [0, 0.1) is 0 Å². The zero-order valence-corrected chi connectivity index (χ0v) is 17.3. The number of carbonyl (C=O) groups excluding carboxylic acids is 2. The minimum absolute atomic E-state index is 0.178. The predicted molar refractivity (Wildman–Crippen MR) is 119 cm³/mol. The van der Waals surface area contributed by atoms with Crippen molar-refractivity contribution in [2.24, 2.45) is 0 Å². The van der Waals surface area contributed by atoms with E-state index in [2.05, 4.69) is 27.7 Å². The minimum atomic E-state index is -0.181. The Hall–Kier alpha value is -3.16. The second kappa shape index (κ2) is 9.56. The van der Waals surface area contributed by atoms with Crippen LogP contribution in [0.5, 0.6) is 0 Å². The molecule has 1 aliphatic rings. The van der Waals surface area contributed by atoms with Crippen LogP contribution in [0.3, 0.4) is 0 Å². The van der Waals surface area contributed by atoms with Crippen molar-refractivity contribution in [2.75, 3.05) is 36.5 Å². The predicted octanol–water partition coefficient (Wildman–Crippen LogP) is 3.77. The molecule has 4 rings (SSSR count). The highest BCUT2D eigenvalue weighted by molar-refractivity contribution is 7.12. The van der Waals surface area contributed by atoms with Crippen molar-refractivity contribution in [1.82, 2.24) is 5.32 Å². The maximum absolute atomic E-state index is 12.6. The summed E-state index contributed by atoms with van der Waals surface area (Å²) in [6.45, 7) is 3.74. The van der Waals surface area contributed by atoms with Crippen molar-refractivity contribution in [1.29, 1.82) is 0 Å². The monoisotopic (exact) mass is 421 g/mol. The molecule has 0 atom stereocenters. The van der Waals surface area contributed by atoms with Crippen LogP contribution in [0.15, 0.2) is 66.0 Å². The molecule has 0 unspecified atom stereocenters. The van der Waals surface area contributed by atoms with Gasteiger partial charge >= 0.3 is 0 Å². The summed E-state index contributed by atoms with van der Waals surface area (Å²) in [7, 11) is 0. The molecule has 2 N–H and O–H groups in total. The second-order valence-corrected chi connectivity index (χ2v) is 7.91. The first-order valence-corrected chi connectivity index (χ1v) is 10.7. The lowest BCUT2D eigenvalue weighted by Crippen LogP contribution is -2.36. The molecule has 0 saturated carbocycles. The Morgan fingerprint density at radius 1 is 0.967 bits per heavy atom. The first-order chi connectivity index (χ1) is 14.7. The van der Waals surface area contributed by atoms with Gasteiger partial charge in [-0.1, -0.05) is 24.3 Å². The molecule has 0 aliphatic carbocycles. The Bertz CT molecular complexity index is 997. The number of rotatable bonds is 6. The first kappa shape index (κ1) is 20.1. The van der Waals surface area contributed by atoms with E-state index in [1.165, 1.54) is 17.0 Å². The Balaban J connectivity index is 1.33. The number of thiophene rings is 1. The van der Waals surface area contributed by atoms with Crippen LogP contribution in [0.1, 0.15) is 25.6 Å². The van der Waals surface area contributed by atoms with Crippen molar-refractivity contribution in [3.63, 3.8) is 0 Å². The van der Waals surface area contributed by atoms with Gasteiger partial charge in [-0.25, -0.2) is 0 Å². The van der Waals surface area contributed by atoms with Gasteiger partial charge in [-0.15, -0.1) is 11.3 Å². The van der Waals surface area contributed by atoms with E-state index in [9.17, 15) is 9.59 Å². The largest absolute Gasteiger partial charge is 0.378 e. The van der Waals surface area contributed by atoms with E-state index in [0.717, 1.165) is 31.9 Å². The number of hydrogen-bond donors (Lipinski definition) is 2. The average Bonchev–Trinajstić information content (AvgIpc) is 3.34. The SMILES string of the molecule is O=C(NCc1ccc(N2CCOCC2)cc1)c1cccc(NC(=O)c2cccs2)c1. The maximum atomic E-state index is 12.6. The second-order valence-electron chi connectivity index (χ2n) is 6.96. The molecular weight excluding hydrogens is 398 g/mol. The van der Waals surface area contributed by atoms with Gasteiger partial charge in [0.15, 0.2) is 0 Å². The van der Waals surface area contributed by atoms with Crippen LogP contribution in [-0.4, -0.2) is 38.1 Å². The van der Waals surface area contributed by atoms with Gasteiger partial charge in [-0.2, -0.15) is 0 Å². The number of anilines is 2. The number of nitrogens with one attached hydrogen (secondary N) is 2. The Morgan fingerprint density at radius 2 is 1.77 bits per heavy atom. The van der Waals surface area contributed by atoms with Crippen molar-refractivity contribution < 1.29 is 14.3 Å². The van der Waals surface area contributed by atoms with Crippen molar-refractivity contribution in [2.45, 2.75) is 6.54 Å². The maximum Gasteiger partial charge on any atom is 0.265 e. The molecule has 7 heteroatoms. The molecule has 6 nitrogen and oxygen atoms in total. The zero-order chi connectivity index (χ0) is 20.8. The molecule has 2 heterocycles. The molecule has 2 aromatic carbocycles. The number of hydrogen-bond acceptors (Lipinski definition) is 5. The molecule has 3 aromatic rings. The summed E-state index contributed by atoms with van der Waals surface area (Å²) in [5, 5.41) is 7.62. The van der Waals surface area contributed by atoms with Crippen LogP contribution < -0.4 is 15.5 Å². The van der Waals surface area contributed by atoms with Crippen LogP contribution in [0.4, 0.5) is 11.4 Å². The molecule has 0 bridgehead atoms. The highest BCUT2D eigenvalue weighted by Gasteiger charge is 2.12. The van der Waals surface area contributed by atoms with E-state index in [1.807, 2.05) is 23.6 Å². The smallest absolute Gasteiger partial charge is 0.265 e. The van der Waals surface area contributed by atoms with E-state index >= 15 is 0 Å². The number of ether oxygens (including phenoxy) is 1. The van der Waals surface area contributed by atoms with Crippen LogP contribution in [-0.2, 0) is 11.3 Å².